The zero-order valence-corrected chi connectivity index (χ0v) is 20.3. The number of aromatic nitrogens is 1. The number of amidine groups is 1. The van der Waals surface area contributed by atoms with Gasteiger partial charge in [-0.25, -0.2) is 4.99 Å². The van der Waals surface area contributed by atoms with Gasteiger partial charge < -0.3 is 14.5 Å². The lowest BCUT2D eigenvalue weighted by Crippen LogP contribution is -2.31. The summed E-state index contributed by atoms with van der Waals surface area (Å²) in [4.78, 5) is 24.0. The smallest absolute Gasteiger partial charge is 0.266 e. The van der Waals surface area contributed by atoms with Gasteiger partial charge in [0.25, 0.3) is 5.91 Å². The van der Waals surface area contributed by atoms with Gasteiger partial charge in [0.2, 0.25) is 0 Å². The van der Waals surface area contributed by atoms with Crippen molar-refractivity contribution in [3.63, 3.8) is 0 Å². The standard InChI is InChI=1S/C28H25N3O3S/c1-33-22-13-12-19(25(17-22)34-2)16-26-27(32)31(28(35-26)30-21-8-4-3-5-9-21)15-14-20-18-29-24-11-7-6-10-23(20)24/h3-13,16-18,29H,14-15H2,1-2H3. The van der Waals surface area contributed by atoms with Gasteiger partial charge in [-0.2, -0.15) is 0 Å². The number of rotatable bonds is 7. The number of fused-ring (bicyclic) bond motifs is 1. The van der Waals surface area contributed by atoms with Crippen LogP contribution < -0.4 is 9.47 Å². The Balaban J connectivity index is 1.47. The molecule has 1 fully saturated rings. The van der Waals surface area contributed by atoms with E-state index < -0.39 is 0 Å². The third-order valence-electron chi connectivity index (χ3n) is 5.88. The summed E-state index contributed by atoms with van der Waals surface area (Å²) in [7, 11) is 3.22. The number of hydrogen-bond acceptors (Lipinski definition) is 5. The number of hydrogen-bond donors (Lipinski definition) is 1. The molecular weight excluding hydrogens is 458 g/mol. The van der Waals surface area contributed by atoms with Gasteiger partial charge in [-0.1, -0.05) is 36.4 Å². The molecule has 1 saturated heterocycles. The molecule has 0 radical (unpaired) electrons. The zero-order valence-electron chi connectivity index (χ0n) is 19.5. The average Bonchev–Trinajstić information content (AvgIpc) is 3.44. The third-order valence-corrected chi connectivity index (χ3v) is 6.88. The van der Waals surface area contributed by atoms with E-state index in [2.05, 4.69) is 17.1 Å². The van der Waals surface area contributed by atoms with E-state index in [4.69, 9.17) is 14.5 Å². The summed E-state index contributed by atoms with van der Waals surface area (Å²) in [6.45, 7) is 0.524. The highest BCUT2D eigenvalue weighted by Gasteiger charge is 2.33. The highest BCUT2D eigenvalue weighted by molar-refractivity contribution is 8.18. The number of aromatic amines is 1. The molecule has 5 rings (SSSR count). The van der Waals surface area contributed by atoms with Crippen LogP contribution in [-0.4, -0.2) is 41.7 Å². The lowest BCUT2D eigenvalue weighted by Gasteiger charge is -2.15. The van der Waals surface area contributed by atoms with Crippen LogP contribution in [0.4, 0.5) is 5.69 Å². The van der Waals surface area contributed by atoms with E-state index in [1.54, 1.807) is 19.1 Å². The number of methoxy groups -OCH3 is 2. The fourth-order valence-electron chi connectivity index (χ4n) is 4.05. The van der Waals surface area contributed by atoms with Crippen molar-refractivity contribution in [3.05, 3.63) is 95.0 Å². The molecular formula is C28H25N3O3S. The van der Waals surface area contributed by atoms with E-state index in [-0.39, 0.29) is 5.91 Å². The number of nitrogens with one attached hydrogen (secondary N) is 1. The molecule has 0 spiro atoms. The quantitative estimate of drug-likeness (QED) is 0.326. The lowest BCUT2D eigenvalue weighted by molar-refractivity contribution is -0.122. The zero-order chi connectivity index (χ0) is 24.2. The van der Waals surface area contributed by atoms with Crippen molar-refractivity contribution in [1.29, 1.82) is 0 Å². The van der Waals surface area contributed by atoms with Gasteiger partial charge in [-0.05, 0) is 60.2 Å². The van der Waals surface area contributed by atoms with Gasteiger partial charge in [0.1, 0.15) is 11.5 Å². The number of carbonyl (C=O) groups is 1. The number of aliphatic imine (C=N–C) groups is 1. The maximum atomic E-state index is 13.5. The molecule has 0 aliphatic carbocycles. The number of ether oxygens (including phenoxy) is 2. The Morgan fingerprint density at radius 3 is 2.60 bits per heavy atom. The molecule has 0 bridgehead atoms. The van der Waals surface area contributed by atoms with Crippen molar-refractivity contribution in [2.24, 2.45) is 4.99 Å². The normalized spacial score (nSPS) is 15.9. The molecule has 1 aliphatic rings. The molecule has 3 aromatic carbocycles. The minimum Gasteiger partial charge on any atom is -0.497 e. The van der Waals surface area contributed by atoms with Gasteiger partial charge in [0.15, 0.2) is 5.17 Å². The first-order chi connectivity index (χ1) is 17.2. The molecule has 1 amide bonds. The minimum atomic E-state index is -0.0672. The second kappa shape index (κ2) is 10.1. The van der Waals surface area contributed by atoms with Crippen LogP contribution in [0.15, 0.2) is 88.9 Å². The van der Waals surface area contributed by atoms with Crippen LogP contribution in [-0.2, 0) is 11.2 Å². The number of para-hydroxylation sites is 2. The van der Waals surface area contributed by atoms with E-state index in [9.17, 15) is 4.79 Å². The van der Waals surface area contributed by atoms with Crippen LogP contribution in [0, 0.1) is 0 Å². The molecule has 7 heteroatoms. The molecule has 0 saturated carbocycles. The number of amides is 1. The third kappa shape index (κ3) is 4.81. The van der Waals surface area contributed by atoms with E-state index in [1.807, 2.05) is 72.9 Å². The van der Waals surface area contributed by atoms with Crippen molar-refractivity contribution in [2.45, 2.75) is 6.42 Å². The van der Waals surface area contributed by atoms with Crippen molar-refractivity contribution in [1.82, 2.24) is 9.88 Å². The number of thioether (sulfide) groups is 1. The predicted molar refractivity (Wildman–Crippen MR) is 142 cm³/mol. The topological polar surface area (TPSA) is 66.9 Å². The number of nitrogens with zero attached hydrogens (tertiary/aromatic N) is 2. The molecule has 4 aromatic rings. The second-order valence-electron chi connectivity index (χ2n) is 8.01. The second-order valence-corrected chi connectivity index (χ2v) is 9.02. The summed E-state index contributed by atoms with van der Waals surface area (Å²) in [5.41, 5.74) is 3.88. The first kappa shape index (κ1) is 22.8. The predicted octanol–water partition coefficient (Wildman–Crippen LogP) is 6.03. The molecule has 35 heavy (non-hydrogen) atoms. The van der Waals surface area contributed by atoms with Gasteiger partial charge in [0.05, 0.1) is 24.8 Å². The van der Waals surface area contributed by atoms with Gasteiger partial charge >= 0.3 is 0 Å². The monoisotopic (exact) mass is 483 g/mol. The van der Waals surface area contributed by atoms with Crippen LogP contribution in [0.2, 0.25) is 0 Å². The van der Waals surface area contributed by atoms with Crippen molar-refractivity contribution < 1.29 is 14.3 Å². The summed E-state index contributed by atoms with van der Waals surface area (Å²) in [5.74, 6) is 1.27. The van der Waals surface area contributed by atoms with Gasteiger partial charge in [-0.15, -0.1) is 0 Å². The molecule has 0 atom stereocenters. The highest BCUT2D eigenvalue weighted by Crippen LogP contribution is 2.36. The van der Waals surface area contributed by atoms with Crippen molar-refractivity contribution in [3.8, 4) is 11.5 Å². The molecule has 1 N–H and O–H groups in total. The molecule has 1 aromatic heterocycles. The average molecular weight is 484 g/mol. The minimum absolute atomic E-state index is 0.0672. The molecule has 0 unspecified atom stereocenters. The van der Waals surface area contributed by atoms with E-state index in [0.29, 0.717) is 34.5 Å². The van der Waals surface area contributed by atoms with E-state index >= 15 is 0 Å². The molecule has 6 nitrogen and oxygen atoms in total. The van der Waals surface area contributed by atoms with Crippen LogP contribution in [0.3, 0.4) is 0 Å². The Labute approximate surface area is 208 Å². The SMILES string of the molecule is COc1ccc(C=C2SC(=Nc3ccccc3)N(CCc3c[nH]c4ccccc34)C2=O)c(OC)c1. The van der Waals surface area contributed by atoms with Crippen molar-refractivity contribution in [2.75, 3.05) is 20.8 Å². The largest absolute Gasteiger partial charge is 0.497 e. The molecule has 1 aliphatic heterocycles. The summed E-state index contributed by atoms with van der Waals surface area (Å²) < 4.78 is 10.8. The van der Waals surface area contributed by atoms with Crippen LogP contribution in [0.1, 0.15) is 11.1 Å². The Hall–Kier alpha value is -3.97. The highest BCUT2D eigenvalue weighted by atomic mass is 32.2. The number of benzene rings is 3. The lowest BCUT2D eigenvalue weighted by atomic mass is 10.1. The van der Waals surface area contributed by atoms with Crippen LogP contribution in [0.25, 0.3) is 17.0 Å². The number of carbonyl (C=O) groups excluding carboxylic acids is 1. The maximum absolute atomic E-state index is 13.5. The Morgan fingerprint density at radius 1 is 1.00 bits per heavy atom. The maximum Gasteiger partial charge on any atom is 0.266 e. The van der Waals surface area contributed by atoms with Gasteiger partial charge in [-0.3, -0.25) is 9.69 Å². The first-order valence-electron chi connectivity index (χ1n) is 11.3. The van der Waals surface area contributed by atoms with E-state index in [1.165, 1.54) is 22.7 Å². The molecule has 2 heterocycles. The fourth-order valence-corrected chi connectivity index (χ4v) is 5.07. The van der Waals surface area contributed by atoms with E-state index in [0.717, 1.165) is 16.8 Å². The van der Waals surface area contributed by atoms with Crippen molar-refractivity contribution >= 4 is 45.5 Å². The Bertz CT molecular complexity index is 1430. The first-order valence-corrected chi connectivity index (χ1v) is 12.1. The summed E-state index contributed by atoms with van der Waals surface area (Å²) in [6.07, 6.45) is 4.59. The Kier molecular flexibility index (Phi) is 6.59. The van der Waals surface area contributed by atoms with Crippen LogP contribution in [0.5, 0.6) is 11.5 Å². The fraction of sp³-hybridized carbons (Fsp3) is 0.143. The Morgan fingerprint density at radius 2 is 1.80 bits per heavy atom. The summed E-state index contributed by atoms with van der Waals surface area (Å²) in [6, 6.07) is 23.5. The number of H-pyrrole nitrogens is 1. The molecule has 176 valence electrons. The van der Waals surface area contributed by atoms with Crippen LogP contribution >= 0.6 is 11.8 Å². The summed E-state index contributed by atoms with van der Waals surface area (Å²) in [5, 5.41) is 1.84. The van der Waals surface area contributed by atoms with Gasteiger partial charge in [0, 0.05) is 35.3 Å². The summed E-state index contributed by atoms with van der Waals surface area (Å²) >= 11 is 1.38.